The number of aliphatic carboxylic acids is 2. The number of hydrogen-bond acceptors (Lipinski definition) is 15. The third-order valence-corrected chi connectivity index (χ3v) is 12.9. The number of halogens is 2. The Bertz CT molecular complexity index is 2980. The van der Waals surface area contributed by atoms with Gasteiger partial charge in [-0.05, 0) is 68.4 Å². The normalized spacial score (nSPS) is 14.5. The number of carbonyl (C=O) groups excluding carboxylic acids is 11. The Labute approximate surface area is 482 Å². The van der Waals surface area contributed by atoms with E-state index in [0.717, 1.165) is 37.6 Å². The van der Waals surface area contributed by atoms with E-state index >= 15 is 4.39 Å². The highest BCUT2D eigenvalue weighted by Crippen LogP contribution is 2.41. The number of benzene rings is 2. The van der Waals surface area contributed by atoms with Gasteiger partial charge in [0, 0.05) is 81.2 Å². The second-order valence-electron chi connectivity index (χ2n) is 20.7. The van der Waals surface area contributed by atoms with E-state index in [0.29, 0.717) is 10.8 Å². The van der Waals surface area contributed by atoms with E-state index in [1.54, 1.807) is 67.9 Å². The second kappa shape index (κ2) is 31.3. The van der Waals surface area contributed by atoms with Crippen LogP contribution in [0.3, 0.4) is 0 Å². The molecule has 4 rings (SSSR count). The molecular formula is C55H70F2N10O17. The molecule has 0 spiro atoms. The molecule has 0 radical (unpaired) electrons. The van der Waals surface area contributed by atoms with Gasteiger partial charge in [-0.25, -0.2) is 18.4 Å². The summed E-state index contributed by atoms with van der Waals surface area (Å²) in [4.78, 5) is 172. The number of rotatable bonds is 32. The third kappa shape index (κ3) is 20.7. The van der Waals surface area contributed by atoms with E-state index < -0.39 is 195 Å². The van der Waals surface area contributed by atoms with Crippen LogP contribution < -0.4 is 37.6 Å². The Kier molecular flexibility index (Phi) is 24.5. The number of carboxylic acids is 2. The number of aliphatic hydroxyl groups is 1. The number of primary amides is 1. The maximum absolute atomic E-state index is 15.4. The first kappa shape index (κ1) is 65.7. The van der Waals surface area contributed by atoms with Crippen LogP contribution in [0, 0.1) is 17.0 Å². The molecule has 1 saturated heterocycles. The fourth-order valence-electron chi connectivity index (χ4n) is 8.76. The molecule has 29 heteroatoms. The second-order valence-corrected chi connectivity index (χ2v) is 20.7. The molecule has 3 aromatic rings. The number of aliphatic hydroxyl groups excluding tert-OH is 1. The van der Waals surface area contributed by atoms with Crippen LogP contribution in [0.2, 0.25) is 1.41 Å². The summed E-state index contributed by atoms with van der Waals surface area (Å²) in [6, 6.07) is 3.92. The minimum absolute atomic E-state index is 0.117. The molecular weight excluding hydrogens is 1110 g/mol. The quantitative estimate of drug-likeness (QED) is 0.0377. The van der Waals surface area contributed by atoms with Crippen molar-refractivity contribution in [2.24, 2.45) is 11.1 Å². The Morgan fingerprint density at radius 1 is 0.762 bits per heavy atom. The first-order valence-electron chi connectivity index (χ1n) is 27.0. The van der Waals surface area contributed by atoms with Gasteiger partial charge in [-0.15, -0.1) is 5.06 Å². The summed E-state index contributed by atoms with van der Waals surface area (Å²) in [5.74, 6) is -15.2. The van der Waals surface area contributed by atoms with Crippen molar-refractivity contribution in [2.75, 3.05) is 19.7 Å². The molecule has 0 saturated carbocycles. The van der Waals surface area contributed by atoms with Crippen molar-refractivity contribution in [1.29, 1.82) is 0 Å². The van der Waals surface area contributed by atoms with E-state index in [9.17, 15) is 76.9 Å². The lowest BCUT2D eigenvalue weighted by atomic mass is 9.82. The molecule has 0 bridgehead atoms. The lowest BCUT2D eigenvalue weighted by molar-refractivity contribution is -0.197. The van der Waals surface area contributed by atoms with Crippen LogP contribution in [0.4, 0.5) is 8.78 Å². The largest absolute Gasteiger partial charge is 0.481 e. The van der Waals surface area contributed by atoms with Gasteiger partial charge in [-0.1, -0.05) is 51.1 Å². The molecule has 2 aromatic carbocycles. The molecule has 456 valence electrons. The van der Waals surface area contributed by atoms with Gasteiger partial charge in [0.25, 0.3) is 11.8 Å². The molecule has 6 atom stereocenters. The predicted molar refractivity (Wildman–Crippen MR) is 289 cm³/mol. The minimum Gasteiger partial charge on any atom is -0.481 e. The monoisotopic (exact) mass is 1180 g/mol. The summed E-state index contributed by atoms with van der Waals surface area (Å²) in [7, 11) is 0. The van der Waals surface area contributed by atoms with Crippen LogP contribution in [0.25, 0.3) is 11.1 Å². The molecule has 1 aliphatic heterocycles. The number of hydrogen-bond donors (Lipinski definition) is 10. The van der Waals surface area contributed by atoms with Gasteiger partial charge in [0.15, 0.2) is 1.41 Å². The van der Waals surface area contributed by atoms with Crippen LogP contribution in [-0.4, -0.2) is 157 Å². The number of hydroxylamine groups is 2. The topological polar surface area (TPSA) is 401 Å². The maximum atomic E-state index is 15.4. The highest BCUT2D eigenvalue weighted by atomic mass is 19.1. The molecule has 0 aliphatic carbocycles. The number of nitrogens with one attached hydrogen (secondary N) is 6. The number of amides is 10. The van der Waals surface area contributed by atoms with E-state index in [1.165, 1.54) is 4.90 Å². The molecule has 0 unspecified atom stereocenters. The summed E-state index contributed by atoms with van der Waals surface area (Å²) in [5.41, 5.74) is 5.71. The van der Waals surface area contributed by atoms with Gasteiger partial charge >= 0.3 is 17.9 Å². The molecule has 10 amide bonds. The van der Waals surface area contributed by atoms with Gasteiger partial charge in [0.1, 0.15) is 48.5 Å². The standard InChI is InChI=1S/C55H70F2N10O17/c1-30(60-42(70)12-9-13-48(77)84-67-44(72)17-18-45(67)73)50(78)61-31(2)51(79)64-39(26-41(58)69)53(81)63-37(52(80)59-22-20-43(71)62-38(54(82)83)16-19-47(75)76)21-23-66(46(74)29-68)49(55(3,4)5)40-24-33(35-25-34(56)14-15-36(35)57)28-65(40)27-32-10-7-6-8-11-32/h6-8,10-11,14-15,24-25,28,30-31,37-39,49,68H,9,12-13,16-23,26-27,29H2,1-5H3,(H2,58,69)(H,59,80)(H,60,70)(H,61,78)(H,62,71)(H,63,81)(H,64,79)(H,75,76)(H,82,83)/t30-,31-,37-,38-,39-,49-/m0/s1/i/hD. The Balaban J connectivity index is 1.61. The average Bonchev–Trinajstić information content (AvgIpc) is 2.10. The third-order valence-electron chi connectivity index (χ3n) is 12.9. The number of nitrogens with two attached hydrogens (primary N) is 1. The van der Waals surface area contributed by atoms with E-state index in [-0.39, 0.29) is 42.2 Å². The van der Waals surface area contributed by atoms with Gasteiger partial charge in [0.05, 0.1) is 12.5 Å². The van der Waals surface area contributed by atoms with E-state index in [4.69, 9.17) is 17.1 Å². The van der Waals surface area contributed by atoms with E-state index in [2.05, 4.69) is 26.6 Å². The van der Waals surface area contributed by atoms with Crippen LogP contribution in [0.15, 0.2) is 60.8 Å². The predicted octanol–water partition coefficient (Wildman–Crippen LogP) is 0.352. The van der Waals surface area contributed by atoms with Crippen molar-refractivity contribution in [1.82, 2.24) is 46.4 Å². The summed E-state index contributed by atoms with van der Waals surface area (Å²) in [6.45, 7) is 5.53. The molecule has 1 aromatic heterocycles. The average molecular weight is 1180 g/mol. The Morgan fingerprint density at radius 3 is 2.01 bits per heavy atom. The van der Waals surface area contributed by atoms with Crippen LogP contribution in [-0.2, 0) is 73.7 Å². The SMILES string of the molecule is [2H]N(C(=O)CCCC(=O)ON1C(=O)CCC1=O)[C@@H](C)C(=O)N[C@@H](C)C(=O)N[C@@H](CC(N)=O)C(=O)N[C@@H](CCN(C(=O)CO)[C@@H](c1cc(-c2cc(F)ccc2F)cn1Cc1ccccc1)C(C)(C)C)C(=O)NCCC(=O)N[C@@H](CCC(=O)O)C(=O)O. The number of carboxylic acid groups (broad SMARTS) is 2. The van der Waals surface area contributed by atoms with Gasteiger partial charge in [-0.3, -0.25) is 52.7 Å². The first-order chi connectivity index (χ1) is 39.9. The number of imide groups is 1. The van der Waals surface area contributed by atoms with Crippen LogP contribution in [0.1, 0.15) is 116 Å². The fourth-order valence-corrected chi connectivity index (χ4v) is 8.76. The van der Waals surface area contributed by atoms with Crippen molar-refractivity contribution >= 4 is 77.0 Å². The highest BCUT2D eigenvalue weighted by Gasteiger charge is 2.39. The number of carbonyl (C=O) groups is 13. The fraction of sp³-hybridized carbons (Fsp3) is 0.473. The molecule has 1 fully saturated rings. The molecule has 11 N–H and O–H groups in total. The zero-order valence-electron chi connectivity index (χ0n) is 47.8. The van der Waals surface area contributed by atoms with E-state index in [1.807, 2.05) is 0 Å². The Hall–Kier alpha value is -9.15. The van der Waals surface area contributed by atoms with Crippen molar-refractivity contribution in [2.45, 2.75) is 142 Å². The summed E-state index contributed by atoms with van der Waals surface area (Å²) in [5, 5.41) is 41.1. The summed E-state index contributed by atoms with van der Waals surface area (Å²) in [6.07, 6.45) is -2.96. The summed E-state index contributed by atoms with van der Waals surface area (Å²) >= 11 is 0. The van der Waals surface area contributed by atoms with Crippen LogP contribution in [0.5, 0.6) is 0 Å². The number of nitrogens with zero attached hydrogens (tertiary/aromatic N) is 3. The molecule has 1 aliphatic rings. The van der Waals surface area contributed by atoms with Gasteiger partial charge < -0.3 is 67.3 Å². The zero-order valence-corrected chi connectivity index (χ0v) is 46.8. The van der Waals surface area contributed by atoms with Crippen molar-refractivity contribution in [3.63, 3.8) is 0 Å². The van der Waals surface area contributed by atoms with Gasteiger partial charge in [0.2, 0.25) is 47.3 Å². The Morgan fingerprint density at radius 2 is 1.40 bits per heavy atom. The zero-order chi connectivity index (χ0) is 63.5. The van der Waals surface area contributed by atoms with Crippen LogP contribution >= 0.6 is 0 Å². The number of aromatic nitrogens is 1. The molecule has 2 heterocycles. The van der Waals surface area contributed by atoms with Crippen molar-refractivity contribution in [3.05, 3.63) is 83.7 Å². The smallest absolute Gasteiger partial charge is 0.333 e. The highest BCUT2D eigenvalue weighted by molar-refractivity contribution is 6.02. The summed E-state index contributed by atoms with van der Waals surface area (Å²) < 4.78 is 40.0. The molecule has 84 heavy (non-hydrogen) atoms. The maximum Gasteiger partial charge on any atom is 0.333 e. The lowest BCUT2D eigenvalue weighted by Crippen LogP contribution is -2.58. The first-order valence-corrected chi connectivity index (χ1v) is 26.6. The molecule has 27 nitrogen and oxygen atoms in total. The minimum atomic E-state index is -1.90. The lowest BCUT2D eigenvalue weighted by Gasteiger charge is -2.41. The van der Waals surface area contributed by atoms with Gasteiger partial charge in [-0.2, -0.15) is 0 Å². The van der Waals surface area contributed by atoms with Crippen molar-refractivity contribution < 1.29 is 92.7 Å². The van der Waals surface area contributed by atoms with Crippen molar-refractivity contribution in [3.8, 4) is 11.1 Å².